The molecule has 0 bridgehead atoms. The molecule has 0 aromatic heterocycles. The van der Waals surface area contributed by atoms with Crippen molar-refractivity contribution in [3.05, 3.63) is 40.3 Å². The van der Waals surface area contributed by atoms with Crippen molar-refractivity contribution in [1.82, 2.24) is 5.32 Å². The summed E-state index contributed by atoms with van der Waals surface area (Å²) in [6.45, 7) is 2.76. The summed E-state index contributed by atoms with van der Waals surface area (Å²) in [7, 11) is 0. The molecule has 1 aromatic rings. The van der Waals surface area contributed by atoms with Crippen LogP contribution in [0.1, 0.15) is 24.3 Å². The van der Waals surface area contributed by atoms with Gasteiger partial charge in [0.2, 0.25) is 11.8 Å². The van der Waals surface area contributed by atoms with Crippen molar-refractivity contribution >= 4 is 17.5 Å². The molecule has 1 atom stereocenters. The lowest BCUT2D eigenvalue weighted by Crippen LogP contribution is -2.39. The number of azide groups is 1. The Morgan fingerprint density at radius 1 is 1.23 bits per heavy atom. The molecule has 0 spiro atoms. The SMILES string of the molecule is [N-]=[N+]=NCCOCCOCCNc1cccc(C2CCC(=O)NC2=O)c1. The minimum atomic E-state index is -0.284. The molecule has 9 heteroatoms. The highest BCUT2D eigenvalue weighted by Crippen LogP contribution is 2.26. The molecule has 1 fully saturated rings. The minimum Gasteiger partial charge on any atom is -0.383 e. The van der Waals surface area contributed by atoms with E-state index in [4.69, 9.17) is 15.0 Å². The van der Waals surface area contributed by atoms with Gasteiger partial charge in [0.1, 0.15) is 0 Å². The maximum atomic E-state index is 12.0. The van der Waals surface area contributed by atoms with Crippen LogP contribution in [0.25, 0.3) is 10.4 Å². The van der Waals surface area contributed by atoms with Crippen LogP contribution >= 0.6 is 0 Å². The first-order chi connectivity index (χ1) is 12.7. The second-order valence-electron chi connectivity index (χ2n) is 5.74. The standard InChI is InChI=1S/C17H23N5O4/c18-22-20-7-9-26-11-10-25-8-6-19-14-3-1-2-13(12-14)15-4-5-16(23)21-17(15)24/h1-3,12,15,19H,4-11H2,(H,21,23,24). The van der Waals surface area contributed by atoms with Gasteiger partial charge in [-0.1, -0.05) is 17.2 Å². The van der Waals surface area contributed by atoms with E-state index < -0.39 is 0 Å². The lowest BCUT2D eigenvalue weighted by molar-refractivity contribution is -0.134. The van der Waals surface area contributed by atoms with Gasteiger partial charge in [-0.3, -0.25) is 14.9 Å². The average molecular weight is 361 g/mol. The smallest absolute Gasteiger partial charge is 0.234 e. The third-order valence-electron chi connectivity index (χ3n) is 3.87. The summed E-state index contributed by atoms with van der Waals surface area (Å²) >= 11 is 0. The summed E-state index contributed by atoms with van der Waals surface area (Å²) in [5, 5.41) is 8.99. The molecule has 0 saturated carbocycles. The number of piperidine rings is 1. The van der Waals surface area contributed by atoms with Gasteiger partial charge < -0.3 is 14.8 Å². The number of carbonyl (C=O) groups is 2. The van der Waals surface area contributed by atoms with E-state index in [0.717, 1.165) is 11.3 Å². The number of rotatable bonds is 11. The van der Waals surface area contributed by atoms with Gasteiger partial charge in [-0.15, -0.1) is 0 Å². The zero-order valence-corrected chi connectivity index (χ0v) is 14.5. The van der Waals surface area contributed by atoms with E-state index in [-0.39, 0.29) is 17.7 Å². The van der Waals surface area contributed by atoms with E-state index in [1.807, 2.05) is 24.3 Å². The zero-order valence-electron chi connectivity index (χ0n) is 14.5. The van der Waals surface area contributed by atoms with Crippen LogP contribution in [0.5, 0.6) is 0 Å². The molecule has 1 saturated heterocycles. The van der Waals surface area contributed by atoms with Crippen LogP contribution in [0.4, 0.5) is 5.69 Å². The first-order valence-corrected chi connectivity index (χ1v) is 8.54. The Morgan fingerprint density at radius 2 is 2.04 bits per heavy atom. The maximum absolute atomic E-state index is 12.0. The van der Waals surface area contributed by atoms with Crippen LogP contribution in [0.3, 0.4) is 0 Å². The third-order valence-corrected chi connectivity index (χ3v) is 3.87. The maximum Gasteiger partial charge on any atom is 0.234 e. The highest BCUT2D eigenvalue weighted by Gasteiger charge is 2.27. The van der Waals surface area contributed by atoms with Crippen molar-refractivity contribution in [2.24, 2.45) is 5.11 Å². The number of benzene rings is 1. The fraction of sp³-hybridized carbons (Fsp3) is 0.529. The predicted molar refractivity (Wildman–Crippen MR) is 95.7 cm³/mol. The summed E-state index contributed by atoms with van der Waals surface area (Å²) in [5.74, 6) is -0.727. The number of ether oxygens (including phenoxy) is 2. The average Bonchev–Trinajstić information content (AvgIpc) is 2.63. The Bertz CT molecular complexity index is 660. The molecule has 26 heavy (non-hydrogen) atoms. The van der Waals surface area contributed by atoms with Crippen molar-refractivity contribution in [1.29, 1.82) is 0 Å². The summed E-state index contributed by atoms with van der Waals surface area (Å²) in [4.78, 5) is 25.8. The van der Waals surface area contributed by atoms with Crippen LogP contribution < -0.4 is 10.6 Å². The molecule has 1 aliphatic rings. The second-order valence-corrected chi connectivity index (χ2v) is 5.74. The molecule has 1 aromatic carbocycles. The van der Waals surface area contributed by atoms with Crippen LogP contribution in [-0.4, -0.2) is 51.3 Å². The first-order valence-electron chi connectivity index (χ1n) is 8.54. The second kappa shape index (κ2) is 11.1. The largest absolute Gasteiger partial charge is 0.383 e. The molecule has 140 valence electrons. The van der Waals surface area contributed by atoms with Gasteiger partial charge in [-0.05, 0) is 29.6 Å². The zero-order chi connectivity index (χ0) is 18.6. The highest BCUT2D eigenvalue weighted by atomic mass is 16.5. The molecule has 9 nitrogen and oxygen atoms in total. The van der Waals surface area contributed by atoms with Gasteiger partial charge in [-0.25, -0.2) is 0 Å². The molecule has 2 rings (SSSR count). The number of nitrogens with one attached hydrogen (secondary N) is 2. The van der Waals surface area contributed by atoms with Gasteiger partial charge in [0.15, 0.2) is 0 Å². The van der Waals surface area contributed by atoms with E-state index in [1.54, 1.807) is 0 Å². The van der Waals surface area contributed by atoms with Crippen LogP contribution in [0.15, 0.2) is 29.4 Å². The predicted octanol–water partition coefficient (Wildman–Crippen LogP) is 1.96. The minimum absolute atomic E-state index is 0.209. The van der Waals surface area contributed by atoms with E-state index >= 15 is 0 Å². The Morgan fingerprint density at radius 3 is 2.81 bits per heavy atom. The fourth-order valence-corrected chi connectivity index (χ4v) is 2.62. The molecular formula is C17H23N5O4. The Hall–Kier alpha value is -2.61. The van der Waals surface area contributed by atoms with Gasteiger partial charge >= 0.3 is 0 Å². The van der Waals surface area contributed by atoms with Gasteiger partial charge in [0.25, 0.3) is 0 Å². The van der Waals surface area contributed by atoms with E-state index in [1.165, 1.54) is 0 Å². The molecule has 1 aliphatic heterocycles. The summed E-state index contributed by atoms with van der Waals surface area (Å²) in [6, 6.07) is 7.64. The number of hydrogen-bond acceptors (Lipinski definition) is 6. The number of carbonyl (C=O) groups excluding carboxylic acids is 2. The van der Waals surface area contributed by atoms with Crippen LogP contribution in [-0.2, 0) is 19.1 Å². The lowest BCUT2D eigenvalue weighted by atomic mass is 9.90. The summed E-state index contributed by atoms with van der Waals surface area (Å²) in [6.07, 6.45) is 0.906. The molecule has 1 unspecified atom stereocenters. The van der Waals surface area contributed by atoms with Crippen molar-refractivity contribution in [2.75, 3.05) is 44.8 Å². The highest BCUT2D eigenvalue weighted by molar-refractivity contribution is 6.01. The van der Waals surface area contributed by atoms with Crippen molar-refractivity contribution < 1.29 is 19.1 Å². The Labute approximate surface area is 151 Å². The van der Waals surface area contributed by atoms with Gasteiger partial charge in [-0.2, -0.15) is 0 Å². The quantitative estimate of drug-likeness (QED) is 0.205. The summed E-state index contributed by atoms with van der Waals surface area (Å²) in [5.41, 5.74) is 9.91. The van der Waals surface area contributed by atoms with Crippen molar-refractivity contribution in [2.45, 2.75) is 18.8 Å². The molecule has 2 N–H and O–H groups in total. The third kappa shape index (κ3) is 6.72. The van der Waals surface area contributed by atoms with E-state index in [2.05, 4.69) is 20.7 Å². The molecule has 2 amide bonds. The van der Waals surface area contributed by atoms with E-state index in [9.17, 15) is 9.59 Å². The lowest BCUT2D eigenvalue weighted by Gasteiger charge is -2.21. The molecular weight excluding hydrogens is 338 g/mol. The van der Waals surface area contributed by atoms with Crippen molar-refractivity contribution in [3.8, 4) is 0 Å². The van der Waals surface area contributed by atoms with Gasteiger partial charge in [0, 0.05) is 30.1 Å². The van der Waals surface area contributed by atoms with E-state index in [0.29, 0.717) is 52.4 Å². The first kappa shape index (κ1) is 19.7. The molecule has 0 aliphatic carbocycles. The number of hydrogen-bond donors (Lipinski definition) is 2. The van der Waals surface area contributed by atoms with Gasteiger partial charge in [0.05, 0.1) is 32.3 Å². The molecule has 0 radical (unpaired) electrons. The Kier molecular flexibility index (Phi) is 8.41. The summed E-state index contributed by atoms with van der Waals surface area (Å²) < 4.78 is 10.7. The number of anilines is 1. The number of amides is 2. The monoisotopic (exact) mass is 361 g/mol. The molecule has 1 heterocycles. The van der Waals surface area contributed by atoms with Crippen LogP contribution in [0.2, 0.25) is 0 Å². The number of nitrogens with zero attached hydrogens (tertiary/aromatic N) is 3. The Balaban J connectivity index is 1.65. The topological polar surface area (TPSA) is 125 Å². The normalized spacial score (nSPS) is 16.7. The fourth-order valence-electron chi connectivity index (χ4n) is 2.62. The van der Waals surface area contributed by atoms with Crippen molar-refractivity contribution in [3.63, 3.8) is 0 Å². The number of imide groups is 1. The van der Waals surface area contributed by atoms with Crippen LogP contribution in [0, 0.1) is 0 Å².